The van der Waals surface area contributed by atoms with Crippen LogP contribution < -0.4 is 10.6 Å². The molecule has 0 aliphatic carbocycles. The average Bonchev–Trinajstić information content (AvgIpc) is 2.62. The Bertz CT molecular complexity index is 848. The number of rotatable bonds is 4. The second kappa shape index (κ2) is 8.35. The van der Waals surface area contributed by atoms with Crippen LogP contribution in [0.15, 0.2) is 48.5 Å². The van der Waals surface area contributed by atoms with E-state index in [1.807, 2.05) is 0 Å². The van der Waals surface area contributed by atoms with Gasteiger partial charge in [-0.1, -0.05) is 12.1 Å². The van der Waals surface area contributed by atoms with Crippen LogP contribution in [-0.2, 0) is 20.5 Å². The Morgan fingerprint density at radius 3 is 2.11 bits per heavy atom. The van der Waals surface area contributed by atoms with E-state index in [0.29, 0.717) is 0 Å². The first-order valence-electron chi connectivity index (χ1n) is 7.78. The number of hydrogen-bond donors (Lipinski definition) is 2. The van der Waals surface area contributed by atoms with Crippen molar-refractivity contribution in [1.82, 2.24) is 0 Å². The van der Waals surface area contributed by atoms with Crippen molar-refractivity contribution in [1.29, 1.82) is 0 Å². The number of ether oxygens (including phenoxy) is 1. The number of hydrogen-bond acceptors (Lipinski definition) is 4. The first-order chi connectivity index (χ1) is 12.7. The number of halogens is 3. The third-order valence-corrected chi connectivity index (χ3v) is 3.35. The van der Waals surface area contributed by atoms with Crippen LogP contribution in [0.5, 0.6) is 0 Å². The summed E-state index contributed by atoms with van der Waals surface area (Å²) in [5, 5.41) is 4.45. The number of carbonyl (C=O) groups is 3. The molecular weight excluding hydrogens is 365 g/mol. The highest BCUT2D eigenvalue weighted by Gasteiger charge is 2.30. The molecule has 0 radical (unpaired) electrons. The molecule has 0 saturated heterocycles. The van der Waals surface area contributed by atoms with Crippen molar-refractivity contribution in [3.8, 4) is 0 Å². The lowest BCUT2D eigenvalue weighted by atomic mass is 10.1. The van der Waals surface area contributed by atoms with Gasteiger partial charge in [0.1, 0.15) is 0 Å². The van der Waals surface area contributed by atoms with E-state index >= 15 is 0 Å². The molecule has 0 aliphatic heterocycles. The standard InChI is InChI=1S/C18H15F3N2O4/c1-2-27-17(26)13-5-3-4-6-14(13)23-16(25)15(24)22-12-9-7-11(8-10-12)18(19,20)21/h3-10H,2H2,1H3,(H,22,24)(H,23,25). The van der Waals surface area contributed by atoms with Gasteiger partial charge in [-0.2, -0.15) is 13.2 Å². The highest BCUT2D eigenvalue weighted by Crippen LogP contribution is 2.29. The van der Waals surface area contributed by atoms with Gasteiger partial charge in [-0.15, -0.1) is 0 Å². The van der Waals surface area contributed by atoms with E-state index < -0.39 is 29.5 Å². The summed E-state index contributed by atoms with van der Waals surface area (Å²) in [5.41, 5.74) is -0.728. The van der Waals surface area contributed by atoms with E-state index in [1.54, 1.807) is 19.1 Å². The minimum Gasteiger partial charge on any atom is -0.462 e. The van der Waals surface area contributed by atoms with Crippen LogP contribution in [0, 0.1) is 0 Å². The summed E-state index contributed by atoms with van der Waals surface area (Å²) in [6.07, 6.45) is -4.50. The van der Waals surface area contributed by atoms with E-state index in [1.165, 1.54) is 12.1 Å². The van der Waals surface area contributed by atoms with Crippen LogP contribution in [0.1, 0.15) is 22.8 Å². The number of nitrogens with one attached hydrogen (secondary N) is 2. The van der Waals surface area contributed by atoms with Crippen molar-refractivity contribution in [2.45, 2.75) is 13.1 Å². The van der Waals surface area contributed by atoms with E-state index in [0.717, 1.165) is 24.3 Å². The quantitative estimate of drug-likeness (QED) is 0.629. The van der Waals surface area contributed by atoms with Crippen LogP contribution in [0.25, 0.3) is 0 Å². The molecule has 0 aromatic heterocycles. The summed E-state index contributed by atoms with van der Waals surface area (Å²) in [7, 11) is 0. The monoisotopic (exact) mass is 380 g/mol. The fraction of sp³-hybridized carbons (Fsp3) is 0.167. The minimum atomic E-state index is -4.50. The smallest absolute Gasteiger partial charge is 0.416 e. The zero-order valence-corrected chi connectivity index (χ0v) is 14.1. The van der Waals surface area contributed by atoms with Crippen LogP contribution in [0.3, 0.4) is 0 Å². The predicted octanol–water partition coefficient (Wildman–Crippen LogP) is 3.46. The largest absolute Gasteiger partial charge is 0.462 e. The number of amides is 2. The molecule has 2 rings (SSSR count). The van der Waals surface area contributed by atoms with Crippen molar-refractivity contribution in [2.75, 3.05) is 17.2 Å². The highest BCUT2D eigenvalue weighted by molar-refractivity contribution is 6.43. The Morgan fingerprint density at radius 2 is 1.52 bits per heavy atom. The van der Waals surface area contributed by atoms with Crippen LogP contribution in [0.4, 0.5) is 24.5 Å². The van der Waals surface area contributed by atoms with Gasteiger partial charge < -0.3 is 15.4 Å². The molecule has 0 fully saturated rings. The molecule has 0 saturated carbocycles. The summed E-state index contributed by atoms with van der Waals surface area (Å²) in [5.74, 6) is -2.86. The Morgan fingerprint density at radius 1 is 0.926 bits per heavy atom. The van der Waals surface area contributed by atoms with E-state index in [9.17, 15) is 27.6 Å². The Hall–Kier alpha value is -3.36. The van der Waals surface area contributed by atoms with Gasteiger partial charge in [-0.25, -0.2) is 4.79 Å². The molecule has 2 amide bonds. The van der Waals surface area contributed by atoms with Gasteiger partial charge in [-0.3, -0.25) is 9.59 Å². The van der Waals surface area contributed by atoms with Crippen molar-refractivity contribution in [3.63, 3.8) is 0 Å². The maximum Gasteiger partial charge on any atom is 0.416 e. The first kappa shape index (κ1) is 20.0. The SMILES string of the molecule is CCOC(=O)c1ccccc1NC(=O)C(=O)Nc1ccc(C(F)(F)F)cc1. The molecule has 0 unspecified atom stereocenters. The highest BCUT2D eigenvalue weighted by atomic mass is 19.4. The Kier molecular flexibility index (Phi) is 6.17. The average molecular weight is 380 g/mol. The number of alkyl halides is 3. The van der Waals surface area contributed by atoms with E-state index in [2.05, 4.69) is 10.6 Å². The summed E-state index contributed by atoms with van der Waals surface area (Å²) < 4.78 is 42.4. The van der Waals surface area contributed by atoms with Crippen molar-refractivity contribution in [3.05, 3.63) is 59.7 Å². The molecule has 2 aromatic rings. The number of para-hydroxylation sites is 1. The second-order valence-electron chi connectivity index (χ2n) is 5.25. The first-order valence-corrected chi connectivity index (χ1v) is 7.78. The maximum atomic E-state index is 12.5. The van der Waals surface area contributed by atoms with Gasteiger partial charge in [0.15, 0.2) is 0 Å². The third kappa shape index (κ3) is 5.30. The predicted molar refractivity (Wildman–Crippen MR) is 91.1 cm³/mol. The lowest BCUT2D eigenvalue weighted by Gasteiger charge is -2.11. The van der Waals surface area contributed by atoms with Gasteiger partial charge in [0.05, 0.1) is 23.4 Å². The van der Waals surface area contributed by atoms with Crippen LogP contribution >= 0.6 is 0 Å². The molecule has 2 aromatic carbocycles. The number of carbonyl (C=O) groups excluding carboxylic acids is 3. The van der Waals surface area contributed by atoms with Gasteiger partial charge in [0, 0.05) is 5.69 Å². The lowest BCUT2D eigenvalue weighted by molar-refractivity contribution is -0.137. The molecule has 142 valence electrons. The zero-order chi connectivity index (χ0) is 20.0. The normalized spacial score (nSPS) is 10.8. The minimum absolute atomic E-state index is 0.0156. The molecule has 0 aliphatic rings. The van der Waals surface area contributed by atoms with E-state index in [4.69, 9.17) is 4.74 Å². The van der Waals surface area contributed by atoms with Gasteiger partial charge in [0.2, 0.25) is 0 Å². The lowest BCUT2D eigenvalue weighted by Crippen LogP contribution is -2.29. The molecule has 27 heavy (non-hydrogen) atoms. The van der Waals surface area contributed by atoms with Crippen LogP contribution in [-0.4, -0.2) is 24.4 Å². The molecule has 0 spiro atoms. The Labute approximate surface area is 152 Å². The molecule has 0 atom stereocenters. The Balaban J connectivity index is 2.06. The molecular formula is C18H15F3N2O4. The summed E-state index contributed by atoms with van der Waals surface area (Å²) in [4.78, 5) is 35.8. The summed E-state index contributed by atoms with van der Waals surface area (Å²) in [6.45, 7) is 1.76. The fourth-order valence-corrected chi connectivity index (χ4v) is 2.09. The van der Waals surface area contributed by atoms with Crippen molar-refractivity contribution in [2.24, 2.45) is 0 Å². The fourth-order valence-electron chi connectivity index (χ4n) is 2.09. The molecule has 2 N–H and O–H groups in total. The molecule has 0 heterocycles. The zero-order valence-electron chi connectivity index (χ0n) is 14.1. The van der Waals surface area contributed by atoms with Gasteiger partial charge >= 0.3 is 24.0 Å². The molecule has 6 nitrogen and oxygen atoms in total. The number of benzene rings is 2. The summed E-state index contributed by atoms with van der Waals surface area (Å²) in [6, 6.07) is 9.56. The van der Waals surface area contributed by atoms with E-state index in [-0.39, 0.29) is 23.5 Å². The maximum absolute atomic E-state index is 12.5. The number of anilines is 2. The number of esters is 1. The van der Waals surface area contributed by atoms with Crippen LogP contribution in [0.2, 0.25) is 0 Å². The third-order valence-electron chi connectivity index (χ3n) is 3.35. The topological polar surface area (TPSA) is 84.5 Å². The molecule has 0 bridgehead atoms. The van der Waals surface area contributed by atoms with Crippen molar-refractivity contribution < 1.29 is 32.3 Å². The van der Waals surface area contributed by atoms with Gasteiger partial charge in [-0.05, 0) is 43.3 Å². The van der Waals surface area contributed by atoms with Gasteiger partial charge in [0.25, 0.3) is 0 Å². The molecule has 9 heteroatoms. The second-order valence-corrected chi connectivity index (χ2v) is 5.25. The summed E-state index contributed by atoms with van der Waals surface area (Å²) >= 11 is 0. The van der Waals surface area contributed by atoms with Crippen molar-refractivity contribution >= 4 is 29.2 Å².